The van der Waals surface area contributed by atoms with Gasteiger partial charge < -0.3 is 10.5 Å². The van der Waals surface area contributed by atoms with E-state index in [0.29, 0.717) is 11.4 Å². The van der Waals surface area contributed by atoms with Crippen LogP contribution in [0.2, 0.25) is 0 Å². The van der Waals surface area contributed by atoms with Gasteiger partial charge in [-0.25, -0.2) is 4.39 Å². The number of hydrogen-bond donors (Lipinski definition) is 1. The van der Waals surface area contributed by atoms with E-state index in [0.717, 1.165) is 19.3 Å². The van der Waals surface area contributed by atoms with Crippen molar-refractivity contribution in [1.29, 1.82) is 0 Å². The zero-order valence-corrected chi connectivity index (χ0v) is 12.1. The van der Waals surface area contributed by atoms with Crippen molar-refractivity contribution in [3.63, 3.8) is 0 Å². The zero-order chi connectivity index (χ0) is 14.1. The molecule has 1 aromatic carbocycles. The highest BCUT2D eigenvalue weighted by Crippen LogP contribution is 2.23. The third kappa shape index (κ3) is 5.95. The maximum Gasteiger partial charge on any atom is 0.167 e. The smallest absolute Gasteiger partial charge is 0.167 e. The van der Waals surface area contributed by atoms with Gasteiger partial charge >= 0.3 is 0 Å². The number of hydrogen-bond acceptors (Lipinski definition) is 2. The van der Waals surface area contributed by atoms with E-state index in [1.807, 2.05) is 0 Å². The SMILES string of the molecule is CCCCCCCC(CC)Oc1ccc(N)cc1F. The summed E-state index contributed by atoms with van der Waals surface area (Å²) in [7, 11) is 0. The van der Waals surface area contributed by atoms with Crippen molar-refractivity contribution in [3.05, 3.63) is 24.0 Å². The Balaban J connectivity index is 2.39. The summed E-state index contributed by atoms with van der Waals surface area (Å²) in [5.41, 5.74) is 5.95. The van der Waals surface area contributed by atoms with E-state index in [1.165, 1.54) is 31.7 Å². The molecule has 1 rings (SSSR count). The van der Waals surface area contributed by atoms with Gasteiger partial charge in [0.2, 0.25) is 0 Å². The second kappa shape index (κ2) is 8.78. The highest BCUT2D eigenvalue weighted by molar-refractivity contribution is 5.42. The predicted octanol–water partition coefficient (Wildman–Crippen LogP) is 4.93. The minimum atomic E-state index is -0.371. The number of unbranched alkanes of at least 4 members (excludes halogenated alkanes) is 4. The normalized spacial score (nSPS) is 12.4. The van der Waals surface area contributed by atoms with Crippen LogP contribution in [0, 0.1) is 5.82 Å². The van der Waals surface area contributed by atoms with Crippen LogP contribution in [0.15, 0.2) is 18.2 Å². The standard InChI is InChI=1S/C16H26FNO/c1-3-5-6-7-8-9-14(4-2)19-16-11-10-13(18)12-15(16)17/h10-12,14H,3-9,18H2,1-2H3. The summed E-state index contributed by atoms with van der Waals surface area (Å²) in [6.45, 7) is 4.29. The van der Waals surface area contributed by atoms with E-state index < -0.39 is 0 Å². The quantitative estimate of drug-likeness (QED) is 0.509. The number of nitrogens with two attached hydrogens (primary N) is 1. The van der Waals surface area contributed by atoms with Gasteiger partial charge in [0.25, 0.3) is 0 Å². The average Bonchev–Trinajstić information content (AvgIpc) is 2.39. The first-order chi connectivity index (χ1) is 9.17. The van der Waals surface area contributed by atoms with Gasteiger partial charge in [0.15, 0.2) is 11.6 Å². The monoisotopic (exact) mass is 267 g/mol. The number of ether oxygens (including phenoxy) is 1. The van der Waals surface area contributed by atoms with Crippen molar-refractivity contribution in [3.8, 4) is 5.75 Å². The lowest BCUT2D eigenvalue weighted by Gasteiger charge is -2.18. The van der Waals surface area contributed by atoms with Crippen LogP contribution in [-0.4, -0.2) is 6.10 Å². The Hall–Kier alpha value is -1.25. The Kier molecular flexibility index (Phi) is 7.31. The summed E-state index contributed by atoms with van der Waals surface area (Å²) in [5, 5.41) is 0. The minimum absolute atomic E-state index is 0.0970. The van der Waals surface area contributed by atoms with E-state index in [2.05, 4.69) is 13.8 Å². The molecule has 2 nitrogen and oxygen atoms in total. The molecule has 0 heterocycles. The van der Waals surface area contributed by atoms with Crippen LogP contribution < -0.4 is 10.5 Å². The fraction of sp³-hybridized carbons (Fsp3) is 0.625. The molecule has 3 heteroatoms. The number of anilines is 1. The number of rotatable bonds is 9. The molecule has 0 aromatic heterocycles. The molecule has 0 aliphatic heterocycles. The number of benzene rings is 1. The second-order valence-electron chi connectivity index (χ2n) is 5.04. The molecule has 0 fully saturated rings. The molecular weight excluding hydrogens is 241 g/mol. The van der Waals surface area contributed by atoms with Crippen LogP contribution in [-0.2, 0) is 0 Å². The molecule has 0 bridgehead atoms. The van der Waals surface area contributed by atoms with Gasteiger partial charge in [-0.1, -0.05) is 39.5 Å². The van der Waals surface area contributed by atoms with E-state index in [4.69, 9.17) is 10.5 Å². The molecule has 1 atom stereocenters. The van der Waals surface area contributed by atoms with E-state index >= 15 is 0 Å². The first-order valence-electron chi connectivity index (χ1n) is 7.39. The summed E-state index contributed by atoms with van der Waals surface area (Å²) in [4.78, 5) is 0. The van der Waals surface area contributed by atoms with Crippen molar-refractivity contribution >= 4 is 5.69 Å². The molecule has 108 valence electrons. The van der Waals surface area contributed by atoms with Crippen LogP contribution in [0.1, 0.15) is 58.8 Å². The van der Waals surface area contributed by atoms with Crippen molar-refractivity contribution in [2.24, 2.45) is 0 Å². The Morgan fingerprint density at radius 1 is 1.16 bits per heavy atom. The molecule has 0 saturated carbocycles. The van der Waals surface area contributed by atoms with E-state index in [-0.39, 0.29) is 11.9 Å². The van der Waals surface area contributed by atoms with E-state index in [1.54, 1.807) is 12.1 Å². The van der Waals surface area contributed by atoms with Gasteiger partial charge in [0.1, 0.15) is 0 Å². The predicted molar refractivity (Wildman–Crippen MR) is 78.9 cm³/mol. The topological polar surface area (TPSA) is 35.2 Å². The summed E-state index contributed by atoms with van der Waals surface area (Å²) in [5.74, 6) is -0.0564. The van der Waals surface area contributed by atoms with Crippen molar-refractivity contribution in [2.45, 2.75) is 64.9 Å². The molecule has 0 aliphatic rings. The lowest BCUT2D eigenvalue weighted by molar-refractivity contribution is 0.175. The molecule has 0 amide bonds. The first kappa shape index (κ1) is 15.8. The third-order valence-electron chi connectivity index (χ3n) is 3.33. The summed E-state index contributed by atoms with van der Waals surface area (Å²) >= 11 is 0. The Bertz CT molecular complexity index is 368. The highest BCUT2D eigenvalue weighted by Gasteiger charge is 2.11. The van der Waals surface area contributed by atoms with Crippen LogP contribution in [0.4, 0.5) is 10.1 Å². The highest BCUT2D eigenvalue weighted by atomic mass is 19.1. The van der Waals surface area contributed by atoms with Gasteiger partial charge in [-0.3, -0.25) is 0 Å². The number of halogens is 1. The fourth-order valence-corrected chi connectivity index (χ4v) is 2.11. The summed E-state index contributed by atoms with van der Waals surface area (Å²) in [6.07, 6.45) is 8.20. The van der Waals surface area contributed by atoms with Crippen molar-refractivity contribution in [2.75, 3.05) is 5.73 Å². The maximum atomic E-state index is 13.6. The van der Waals surface area contributed by atoms with Gasteiger partial charge in [-0.05, 0) is 31.4 Å². The Labute approximate surface area is 116 Å². The lowest BCUT2D eigenvalue weighted by atomic mass is 10.1. The fourth-order valence-electron chi connectivity index (χ4n) is 2.11. The van der Waals surface area contributed by atoms with Gasteiger partial charge in [0, 0.05) is 11.8 Å². The molecule has 0 spiro atoms. The molecule has 1 unspecified atom stereocenters. The van der Waals surface area contributed by atoms with Gasteiger partial charge in [0.05, 0.1) is 6.10 Å². The first-order valence-corrected chi connectivity index (χ1v) is 7.39. The molecule has 0 aliphatic carbocycles. The number of nitrogen functional groups attached to an aromatic ring is 1. The van der Waals surface area contributed by atoms with Crippen molar-refractivity contribution in [1.82, 2.24) is 0 Å². The largest absolute Gasteiger partial charge is 0.487 e. The molecule has 2 N–H and O–H groups in total. The molecule has 19 heavy (non-hydrogen) atoms. The van der Waals surface area contributed by atoms with Crippen LogP contribution in [0.25, 0.3) is 0 Å². The summed E-state index contributed by atoms with van der Waals surface area (Å²) in [6, 6.07) is 4.60. The maximum absolute atomic E-state index is 13.6. The second-order valence-corrected chi connectivity index (χ2v) is 5.04. The summed E-state index contributed by atoms with van der Waals surface area (Å²) < 4.78 is 19.4. The Morgan fingerprint density at radius 2 is 1.89 bits per heavy atom. The van der Waals surface area contributed by atoms with Crippen LogP contribution in [0.3, 0.4) is 0 Å². The molecule has 0 radical (unpaired) electrons. The van der Waals surface area contributed by atoms with Gasteiger partial charge in [-0.15, -0.1) is 0 Å². The zero-order valence-electron chi connectivity index (χ0n) is 12.1. The van der Waals surface area contributed by atoms with E-state index in [9.17, 15) is 4.39 Å². The average molecular weight is 267 g/mol. The van der Waals surface area contributed by atoms with Crippen molar-refractivity contribution < 1.29 is 9.13 Å². The third-order valence-corrected chi connectivity index (χ3v) is 3.33. The van der Waals surface area contributed by atoms with Gasteiger partial charge in [-0.2, -0.15) is 0 Å². The Morgan fingerprint density at radius 3 is 2.53 bits per heavy atom. The van der Waals surface area contributed by atoms with Crippen LogP contribution >= 0.6 is 0 Å². The minimum Gasteiger partial charge on any atom is -0.487 e. The molecule has 0 saturated heterocycles. The molecule has 1 aromatic rings. The molecular formula is C16H26FNO. The lowest BCUT2D eigenvalue weighted by Crippen LogP contribution is -2.16. The van der Waals surface area contributed by atoms with Crippen LogP contribution in [0.5, 0.6) is 5.75 Å².